The molecule has 6 nitrogen and oxygen atoms in total. The average Bonchev–Trinajstić information content (AvgIpc) is 2.99. The topological polar surface area (TPSA) is 74.9 Å². The smallest absolute Gasteiger partial charge is 0.216 e. The summed E-state index contributed by atoms with van der Waals surface area (Å²) in [6.07, 6.45) is 3.33. The van der Waals surface area contributed by atoms with E-state index in [1.54, 1.807) is 13.2 Å². The lowest BCUT2D eigenvalue weighted by molar-refractivity contribution is -0.119. The number of β-amino-alcohol motifs (C(OH)–C–C–N with tert-alkyl or cyclic N) is 1. The Hall–Kier alpha value is -1.37. The number of ether oxygens (including phenoxy) is 1. The van der Waals surface area contributed by atoms with Crippen LogP contribution < -0.4 is 5.32 Å². The second-order valence-corrected chi connectivity index (χ2v) is 5.95. The fourth-order valence-corrected chi connectivity index (χ4v) is 2.81. The Morgan fingerprint density at radius 3 is 3.23 bits per heavy atom. The van der Waals surface area contributed by atoms with Crippen LogP contribution in [0.1, 0.15) is 25.5 Å². The molecule has 2 N–H and O–H groups in total. The molecule has 0 aromatic carbocycles. The van der Waals surface area contributed by atoms with E-state index >= 15 is 0 Å². The maximum absolute atomic E-state index is 11.0. The lowest BCUT2D eigenvalue weighted by Gasteiger charge is -2.33. The molecule has 0 saturated carbocycles. The Bertz CT molecular complexity index is 435. The van der Waals surface area contributed by atoms with Gasteiger partial charge in [-0.15, -0.1) is 0 Å². The normalized spacial score (nSPS) is 20.7. The number of hydrogen-bond donors (Lipinski definition) is 2. The predicted octanol–water partition coefficient (Wildman–Crippen LogP) is 1.01. The first-order valence-corrected chi connectivity index (χ1v) is 7.88. The largest absolute Gasteiger partial charge is 0.467 e. The molecule has 1 aliphatic rings. The number of carbonyl (C=O) groups excluding carboxylic acids is 1. The third kappa shape index (κ3) is 6.17. The van der Waals surface area contributed by atoms with Crippen LogP contribution in [0.25, 0.3) is 0 Å². The first-order valence-electron chi connectivity index (χ1n) is 7.88. The van der Waals surface area contributed by atoms with Gasteiger partial charge in [0.1, 0.15) is 12.4 Å². The molecule has 2 rings (SSSR count). The number of rotatable bonds is 8. The highest BCUT2D eigenvalue weighted by molar-refractivity contribution is 5.72. The summed E-state index contributed by atoms with van der Waals surface area (Å²) in [7, 11) is 0. The standard InChI is InChI=1S/C16H26N2O4/c1-13(19)17-8-14-4-2-6-18(9-14)10-15(20)11-21-12-16-5-3-7-22-16/h3,5,7,14-15,20H,2,4,6,8-12H2,1H3,(H,17,19). The molecule has 2 atom stereocenters. The van der Waals surface area contributed by atoms with Gasteiger partial charge in [-0.2, -0.15) is 0 Å². The van der Waals surface area contributed by atoms with Gasteiger partial charge in [-0.1, -0.05) is 0 Å². The molecule has 0 aliphatic carbocycles. The Kier molecular flexibility index (Phi) is 6.89. The Balaban J connectivity index is 1.62. The van der Waals surface area contributed by atoms with Crippen LogP contribution in [-0.2, 0) is 16.1 Å². The summed E-state index contributed by atoms with van der Waals surface area (Å²) in [5.41, 5.74) is 0. The molecular weight excluding hydrogens is 284 g/mol. The maximum atomic E-state index is 11.0. The van der Waals surface area contributed by atoms with Crippen molar-refractivity contribution in [2.45, 2.75) is 32.5 Å². The number of nitrogens with one attached hydrogen (secondary N) is 1. The van der Waals surface area contributed by atoms with E-state index in [0.717, 1.165) is 38.2 Å². The molecule has 22 heavy (non-hydrogen) atoms. The van der Waals surface area contributed by atoms with Crippen LogP contribution in [0.15, 0.2) is 22.8 Å². The molecular formula is C16H26N2O4. The number of hydrogen-bond acceptors (Lipinski definition) is 5. The van der Waals surface area contributed by atoms with Crippen LogP contribution in [-0.4, -0.2) is 54.8 Å². The summed E-state index contributed by atoms with van der Waals surface area (Å²) in [5, 5.41) is 12.9. The van der Waals surface area contributed by atoms with Crippen molar-refractivity contribution >= 4 is 5.91 Å². The molecule has 6 heteroatoms. The van der Waals surface area contributed by atoms with Gasteiger partial charge >= 0.3 is 0 Å². The van der Waals surface area contributed by atoms with Crippen molar-refractivity contribution in [3.8, 4) is 0 Å². The minimum atomic E-state index is -0.505. The molecule has 1 aromatic rings. The van der Waals surface area contributed by atoms with Crippen molar-refractivity contribution in [3.05, 3.63) is 24.2 Å². The van der Waals surface area contributed by atoms with Gasteiger partial charge < -0.3 is 24.5 Å². The molecule has 0 radical (unpaired) electrons. The fraction of sp³-hybridized carbons (Fsp3) is 0.688. The zero-order valence-electron chi connectivity index (χ0n) is 13.2. The number of likely N-dealkylation sites (tertiary alicyclic amines) is 1. The monoisotopic (exact) mass is 310 g/mol. The molecule has 0 bridgehead atoms. The van der Waals surface area contributed by atoms with Gasteiger partial charge in [0.2, 0.25) is 5.91 Å². The molecule has 1 fully saturated rings. The second kappa shape index (κ2) is 8.92. The first-order chi connectivity index (χ1) is 10.6. The Morgan fingerprint density at radius 2 is 2.50 bits per heavy atom. The van der Waals surface area contributed by atoms with Gasteiger partial charge in [-0.05, 0) is 37.4 Å². The van der Waals surface area contributed by atoms with Crippen LogP contribution in [0.2, 0.25) is 0 Å². The van der Waals surface area contributed by atoms with Gasteiger partial charge in [-0.3, -0.25) is 4.79 Å². The van der Waals surface area contributed by atoms with E-state index in [2.05, 4.69) is 10.2 Å². The lowest BCUT2D eigenvalue weighted by atomic mass is 9.97. The summed E-state index contributed by atoms with van der Waals surface area (Å²) in [4.78, 5) is 13.2. The van der Waals surface area contributed by atoms with Crippen LogP contribution in [0, 0.1) is 5.92 Å². The van der Waals surface area contributed by atoms with Gasteiger partial charge in [0.15, 0.2) is 0 Å². The van der Waals surface area contributed by atoms with Gasteiger partial charge in [-0.25, -0.2) is 0 Å². The van der Waals surface area contributed by atoms with Crippen LogP contribution >= 0.6 is 0 Å². The van der Waals surface area contributed by atoms with E-state index in [4.69, 9.17) is 9.15 Å². The highest BCUT2D eigenvalue weighted by Crippen LogP contribution is 2.16. The molecule has 0 spiro atoms. The number of amides is 1. The first kappa shape index (κ1) is 17.0. The maximum Gasteiger partial charge on any atom is 0.216 e. The van der Waals surface area contributed by atoms with E-state index in [0.29, 0.717) is 25.7 Å². The molecule has 1 aliphatic heterocycles. The van der Waals surface area contributed by atoms with Crippen molar-refractivity contribution in [1.82, 2.24) is 10.2 Å². The van der Waals surface area contributed by atoms with E-state index < -0.39 is 6.10 Å². The van der Waals surface area contributed by atoms with Crippen LogP contribution in [0.5, 0.6) is 0 Å². The summed E-state index contributed by atoms with van der Waals surface area (Å²) in [6.45, 7) is 5.45. The van der Waals surface area contributed by atoms with Gasteiger partial charge in [0.05, 0.1) is 19.0 Å². The Labute approximate surface area is 131 Å². The third-order valence-corrected chi connectivity index (χ3v) is 3.85. The van der Waals surface area contributed by atoms with Crippen molar-refractivity contribution < 1.29 is 19.1 Å². The second-order valence-electron chi connectivity index (χ2n) is 5.95. The predicted molar refractivity (Wildman–Crippen MR) is 82.2 cm³/mol. The van der Waals surface area contributed by atoms with Crippen molar-refractivity contribution in [2.75, 3.05) is 32.8 Å². The average molecular weight is 310 g/mol. The highest BCUT2D eigenvalue weighted by Gasteiger charge is 2.21. The van der Waals surface area contributed by atoms with Crippen LogP contribution in [0.3, 0.4) is 0 Å². The zero-order chi connectivity index (χ0) is 15.8. The molecule has 124 valence electrons. The van der Waals surface area contributed by atoms with Gasteiger partial charge in [0, 0.05) is 26.6 Å². The van der Waals surface area contributed by atoms with Crippen molar-refractivity contribution in [2.24, 2.45) is 5.92 Å². The molecule has 1 aromatic heterocycles. The summed E-state index contributed by atoms with van der Waals surface area (Å²) in [5.74, 6) is 1.25. The molecule has 2 unspecified atom stereocenters. The number of aliphatic hydroxyl groups is 1. The molecule has 1 amide bonds. The molecule has 2 heterocycles. The highest BCUT2D eigenvalue weighted by atomic mass is 16.5. The number of furan rings is 1. The quantitative estimate of drug-likeness (QED) is 0.749. The van der Waals surface area contributed by atoms with Crippen LogP contribution in [0.4, 0.5) is 0 Å². The lowest BCUT2D eigenvalue weighted by Crippen LogP contribution is -2.44. The van der Waals surface area contributed by atoms with E-state index in [1.165, 1.54) is 0 Å². The Morgan fingerprint density at radius 1 is 1.64 bits per heavy atom. The minimum Gasteiger partial charge on any atom is -0.467 e. The number of carbonyl (C=O) groups is 1. The number of aliphatic hydroxyl groups excluding tert-OH is 1. The van der Waals surface area contributed by atoms with E-state index in [9.17, 15) is 9.90 Å². The molecule has 1 saturated heterocycles. The zero-order valence-corrected chi connectivity index (χ0v) is 13.2. The summed E-state index contributed by atoms with van der Waals surface area (Å²) < 4.78 is 10.6. The summed E-state index contributed by atoms with van der Waals surface area (Å²) >= 11 is 0. The van der Waals surface area contributed by atoms with E-state index in [-0.39, 0.29) is 5.91 Å². The number of piperidine rings is 1. The van der Waals surface area contributed by atoms with E-state index in [1.807, 2.05) is 12.1 Å². The SMILES string of the molecule is CC(=O)NCC1CCCN(CC(O)COCc2ccco2)C1. The summed E-state index contributed by atoms with van der Waals surface area (Å²) in [6, 6.07) is 3.67. The number of nitrogens with zero attached hydrogens (tertiary/aromatic N) is 1. The van der Waals surface area contributed by atoms with Crippen molar-refractivity contribution in [1.29, 1.82) is 0 Å². The fourth-order valence-electron chi connectivity index (χ4n) is 2.81. The van der Waals surface area contributed by atoms with Gasteiger partial charge in [0.25, 0.3) is 0 Å². The van der Waals surface area contributed by atoms with Crippen molar-refractivity contribution in [3.63, 3.8) is 0 Å². The third-order valence-electron chi connectivity index (χ3n) is 3.85. The minimum absolute atomic E-state index is 0.0171.